The molecule has 21 heavy (non-hydrogen) atoms. The zero-order valence-corrected chi connectivity index (χ0v) is 13.1. The highest BCUT2D eigenvalue weighted by Crippen LogP contribution is 2.14. The number of carbonyl (C=O) groups excluding carboxylic acids is 1. The van der Waals surface area contributed by atoms with E-state index in [1.54, 1.807) is 24.3 Å². The number of nitrogens with one attached hydrogen (secondary N) is 1. The second-order valence-corrected chi connectivity index (χ2v) is 6.51. The summed E-state index contributed by atoms with van der Waals surface area (Å²) in [6, 6.07) is 15.1. The van der Waals surface area contributed by atoms with Gasteiger partial charge in [-0.05, 0) is 24.6 Å². The number of carbonyl (C=O) groups is 1. The van der Waals surface area contributed by atoms with Gasteiger partial charge in [0.05, 0.1) is 21.3 Å². The number of hydrogen-bond acceptors (Lipinski definition) is 2. The highest BCUT2D eigenvalue weighted by Gasteiger charge is 2.14. The van der Waals surface area contributed by atoms with Crippen LogP contribution in [0, 0.1) is 6.92 Å². The third-order valence-corrected chi connectivity index (χ3v) is 4.58. The van der Waals surface area contributed by atoms with Crippen molar-refractivity contribution in [3.05, 3.63) is 65.2 Å². The summed E-state index contributed by atoms with van der Waals surface area (Å²) < 4.78 is 12.0. The van der Waals surface area contributed by atoms with Gasteiger partial charge in [0.2, 0.25) is 0 Å². The van der Waals surface area contributed by atoms with E-state index < -0.39 is 10.8 Å². The van der Waals surface area contributed by atoms with Crippen molar-refractivity contribution in [2.24, 2.45) is 0 Å². The van der Waals surface area contributed by atoms with Gasteiger partial charge in [-0.3, -0.25) is 9.00 Å². The molecule has 2 aromatic rings. The van der Waals surface area contributed by atoms with Crippen LogP contribution in [0.3, 0.4) is 0 Å². The Bertz CT molecular complexity index is 650. The molecule has 0 heterocycles. The van der Waals surface area contributed by atoms with Crippen molar-refractivity contribution in [3.63, 3.8) is 0 Å². The summed E-state index contributed by atoms with van der Waals surface area (Å²) in [5.74, 6) is 0.315. The third-order valence-electron chi connectivity index (χ3n) is 3.21. The molecule has 4 heteroatoms. The summed E-state index contributed by atoms with van der Waals surface area (Å²) in [5.41, 5.74) is 2.72. The maximum absolute atomic E-state index is 12.3. The van der Waals surface area contributed by atoms with Crippen molar-refractivity contribution in [2.75, 3.05) is 5.75 Å². The van der Waals surface area contributed by atoms with Crippen LogP contribution in [-0.4, -0.2) is 15.9 Å². The molecule has 0 aromatic heterocycles. The van der Waals surface area contributed by atoms with E-state index in [1.165, 1.54) is 5.56 Å². The fourth-order valence-corrected chi connectivity index (χ4v) is 2.94. The van der Waals surface area contributed by atoms with Crippen LogP contribution in [0.1, 0.15) is 28.4 Å². The van der Waals surface area contributed by atoms with E-state index in [4.69, 9.17) is 0 Å². The molecule has 2 rings (SSSR count). The molecular weight excluding hydrogens is 282 g/mol. The van der Waals surface area contributed by atoms with E-state index in [-0.39, 0.29) is 5.91 Å². The molecule has 0 saturated carbocycles. The third kappa shape index (κ3) is 4.02. The first-order valence-electron chi connectivity index (χ1n) is 6.93. The van der Waals surface area contributed by atoms with Crippen molar-refractivity contribution >= 4 is 16.7 Å². The smallest absolute Gasteiger partial charge is 0.252 e. The molecule has 2 aromatic carbocycles. The normalized spacial score (nSPS) is 11.9. The second kappa shape index (κ2) is 7.18. The Morgan fingerprint density at radius 2 is 1.76 bits per heavy atom. The summed E-state index contributed by atoms with van der Waals surface area (Å²) in [6.07, 6.45) is 0. The summed E-state index contributed by atoms with van der Waals surface area (Å²) >= 11 is 0. The standard InChI is InChI=1S/C17H19NO2S/c1-3-21(20)16-7-5-4-6-15(16)17(19)18-12-14-10-8-13(2)9-11-14/h4-11H,3,12H2,1-2H3,(H,18,19)/t21-/m1/s1. The lowest BCUT2D eigenvalue weighted by Gasteiger charge is -2.09. The molecule has 0 fully saturated rings. The first-order chi connectivity index (χ1) is 10.1. The summed E-state index contributed by atoms with van der Waals surface area (Å²) in [5, 5.41) is 2.88. The minimum atomic E-state index is -1.13. The molecule has 0 aliphatic carbocycles. The highest BCUT2D eigenvalue weighted by atomic mass is 32.2. The second-order valence-electron chi connectivity index (χ2n) is 4.80. The number of benzene rings is 2. The van der Waals surface area contributed by atoms with E-state index in [9.17, 15) is 9.00 Å². The molecule has 0 radical (unpaired) electrons. The average molecular weight is 301 g/mol. The molecule has 110 valence electrons. The van der Waals surface area contributed by atoms with Crippen LogP contribution in [0.4, 0.5) is 0 Å². The Balaban J connectivity index is 2.10. The lowest BCUT2D eigenvalue weighted by Crippen LogP contribution is -2.24. The van der Waals surface area contributed by atoms with Crippen LogP contribution in [0.15, 0.2) is 53.4 Å². The molecular formula is C17H19NO2S. The van der Waals surface area contributed by atoms with Gasteiger partial charge in [-0.2, -0.15) is 0 Å². The molecule has 0 spiro atoms. The molecule has 0 aliphatic rings. The zero-order valence-electron chi connectivity index (χ0n) is 12.3. The quantitative estimate of drug-likeness (QED) is 0.922. The SMILES string of the molecule is CC[S@@](=O)c1ccccc1C(=O)NCc1ccc(C)cc1. The van der Waals surface area contributed by atoms with Crippen LogP contribution in [-0.2, 0) is 17.3 Å². The molecule has 1 amide bonds. The van der Waals surface area contributed by atoms with Crippen LogP contribution in [0.5, 0.6) is 0 Å². The van der Waals surface area contributed by atoms with Crippen LogP contribution < -0.4 is 5.32 Å². The summed E-state index contributed by atoms with van der Waals surface area (Å²) in [4.78, 5) is 12.9. The van der Waals surface area contributed by atoms with Gasteiger partial charge < -0.3 is 5.32 Å². The van der Waals surface area contributed by atoms with Gasteiger partial charge in [0, 0.05) is 12.3 Å². The van der Waals surface area contributed by atoms with Crippen molar-refractivity contribution in [1.82, 2.24) is 5.32 Å². The fraction of sp³-hybridized carbons (Fsp3) is 0.235. The predicted octanol–water partition coefficient (Wildman–Crippen LogP) is 3.05. The fourth-order valence-electron chi connectivity index (χ4n) is 1.99. The maximum atomic E-state index is 12.3. The topological polar surface area (TPSA) is 46.2 Å². The Kier molecular flexibility index (Phi) is 5.28. The highest BCUT2D eigenvalue weighted by molar-refractivity contribution is 7.85. The van der Waals surface area contributed by atoms with E-state index >= 15 is 0 Å². The average Bonchev–Trinajstić information content (AvgIpc) is 2.53. The lowest BCUT2D eigenvalue weighted by molar-refractivity contribution is 0.0948. The minimum absolute atomic E-state index is 0.187. The molecule has 0 unspecified atom stereocenters. The molecule has 3 nitrogen and oxygen atoms in total. The van der Waals surface area contributed by atoms with E-state index in [0.29, 0.717) is 22.8 Å². The van der Waals surface area contributed by atoms with Crippen LogP contribution in [0.25, 0.3) is 0 Å². The van der Waals surface area contributed by atoms with Gasteiger partial charge in [0.1, 0.15) is 0 Å². The zero-order chi connectivity index (χ0) is 15.2. The van der Waals surface area contributed by atoms with Gasteiger partial charge >= 0.3 is 0 Å². The van der Waals surface area contributed by atoms with Gasteiger partial charge in [0.15, 0.2) is 0 Å². The summed E-state index contributed by atoms with van der Waals surface area (Å²) in [7, 11) is -1.13. The van der Waals surface area contributed by atoms with E-state index in [1.807, 2.05) is 38.1 Å². The minimum Gasteiger partial charge on any atom is -0.348 e. The Morgan fingerprint density at radius 1 is 1.10 bits per heavy atom. The first kappa shape index (κ1) is 15.4. The number of rotatable bonds is 5. The van der Waals surface area contributed by atoms with Gasteiger partial charge in [-0.25, -0.2) is 0 Å². The largest absolute Gasteiger partial charge is 0.348 e. The maximum Gasteiger partial charge on any atom is 0.252 e. The monoisotopic (exact) mass is 301 g/mol. The molecule has 0 aliphatic heterocycles. The number of hydrogen-bond donors (Lipinski definition) is 1. The van der Waals surface area contributed by atoms with Crippen LogP contribution in [0.2, 0.25) is 0 Å². The Morgan fingerprint density at radius 3 is 2.43 bits per heavy atom. The van der Waals surface area contributed by atoms with Crippen molar-refractivity contribution in [1.29, 1.82) is 0 Å². The van der Waals surface area contributed by atoms with Crippen LogP contribution >= 0.6 is 0 Å². The van der Waals surface area contributed by atoms with Gasteiger partial charge in [-0.15, -0.1) is 0 Å². The van der Waals surface area contributed by atoms with Crippen molar-refractivity contribution in [3.8, 4) is 0 Å². The van der Waals surface area contributed by atoms with Crippen molar-refractivity contribution < 1.29 is 9.00 Å². The molecule has 0 bridgehead atoms. The van der Waals surface area contributed by atoms with E-state index in [0.717, 1.165) is 5.56 Å². The molecule has 0 saturated heterocycles. The Hall–Kier alpha value is -1.94. The predicted molar refractivity (Wildman–Crippen MR) is 85.7 cm³/mol. The van der Waals surface area contributed by atoms with Gasteiger partial charge in [-0.1, -0.05) is 48.9 Å². The molecule has 1 atom stereocenters. The van der Waals surface area contributed by atoms with Crippen molar-refractivity contribution in [2.45, 2.75) is 25.3 Å². The number of aryl methyl sites for hydroxylation is 1. The lowest BCUT2D eigenvalue weighted by atomic mass is 10.1. The van der Waals surface area contributed by atoms with Gasteiger partial charge in [0.25, 0.3) is 5.91 Å². The molecule has 1 N–H and O–H groups in total. The number of amides is 1. The van der Waals surface area contributed by atoms with E-state index in [2.05, 4.69) is 5.32 Å². The first-order valence-corrected chi connectivity index (χ1v) is 8.25. The Labute approximate surface area is 127 Å². The summed E-state index contributed by atoms with van der Waals surface area (Å²) in [6.45, 7) is 4.34.